The zero-order valence-electron chi connectivity index (χ0n) is 9.52. The molecule has 19 heavy (non-hydrogen) atoms. The van der Waals surface area contributed by atoms with Crippen LogP contribution < -0.4 is 4.54 Å². The van der Waals surface area contributed by atoms with Crippen molar-refractivity contribution in [2.75, 3.05) is 0 Å². The highest BCUT2D eigenvalue weighted by atomic mass is 16.6. The first-order chi connectivity index (χ1) is 9.09. The highest BCUT2D eigenvalue weighted by Crippen LogP contribution is 2.25. The molecule has 3 aromatic rings. The average molecular weight is 257 g/mol. The molecule has 0 spiro atoms. The Kier molecular flexibility index (Phi) is 2.21. The van der Waals surface area contributed by atoms with Crippen molar-refractivity contribution in [3.05, 3.63) is 62.7 Å². The van der Waals surface area contributed by atoms with Crippen molar-refractivity contribution in [1.29, 1.82) is 0 Å². The number of nitro benzene ring substituents is 1. The van der Waals surface area contributed by atoms with Crippen LogP contribution in [0.1, 0.15) is 0 Å². The minimum atomic E-state index is -0.540. The Labute approximate surface area is 105 Å². The summed E-state index contributed by atoms with van der Waals surface area (Å²) >= 11 is 0. The first-order valence-corrected chi connectivity index (χ1v) is 5.42. The molecule has 0 atom stereocenters. The van der Waals surface area contributed by atoms with Gasteiger partial charge < -0.3 is 5.21 Å². The van der Waals surface area contributed by atoms with Crippen LogP contribution in [0.5, 0.6) is 0 Å². The van der Waals surface area contributed by atoms with Gasteiger partial charge in [0.25, 0.3) is 5.69 Å². The first kappa shape index (κ1) is 11.1. The van der Waals surface area contributed by atoms with Crippen molar-refractivity contribution in [2.24, 2.45) is 0 Å². The summed E-state index contributed by atoms with van der Waals surface area (Å²) in [7, 11) is 0. The van der Waals surface area contributed by atoms with E-state index in [2.05, 4.69) is 0 Å². The summed E-state index contributed by atoms with van der Waals surface area (Å²) in [4.78, 5) is 22.3. The molecule has 7 heteroatoms. The van der Waals surface area contributed by atoms with E-state index in [1.54, 1.807) is 18.2 Å². The molecule has 3 rings (SSSR count). The Morgan fingerprint density at radius 3 is 2.58 bits per heavy atom. The van der Waals surface area contributed by atoms with Gasteiger partial charge in [-0.05, 0) is 6.07 Å². The van der Waals surface area contributed by atoms with Gasteiger partial charge >= 0.3 is 5.52 Å². The maximum atomic E-state index is 11.8. The zero-order chi connectivity index (χ0) is 13.6. The van der Waals surface area contributed by atoms with Crippen molar-refractivity contribution >= 4 is 27.5 Å². The van der Waals surface area contributed by atoms with E-state index >= 15 is 0 Å². The topological polar surface area (TPSA) is 94.1 Å². The largest absolute Gasteiger partial charge is 0.755 e. The van der Waals surface area contributed by atoms with Crippen LogP contribution in [0.2, 0.25) is 0 Å². The van der Waals surface area contributed by atoms with E-state index in [-0.39, 0.29) is 26.1 Å². The lowest BCUT2D eigenvalue weighted by atomic mass is 10.1. The number of hydrogen-bond donors (Lipinski definition) is 0. The number of rotatable bonds is 1. The number of hydrogen-bond acceptors (Lipinski definition) is 4. The summed E-state index contributed by atoms with van der Waals surface area (Å²) in [5.74, 6) is 0. The van der Waals surface area contributed by atoms with Gasteiger partial charge in [-0.1, -0.05) is 18.2 Å². The summed E-state index contributed by atoms with van der Waals surface area (Å²) in [5, 5.41) is 23.5. The summed E-state index contributed by atoms with van der Waals surface area (Å²) in [5.41, 5.74) is 0.145. The molecular formula is C12H7N3O4. The zero-order valence-corrected chi connectivity index (χ0v) is 9.52. The van der Waals surface area contributed by atoms with Crippen LogP contribution in [-0.2, 0) is 0 Å². The molecule has 0 bridgehead atoms. The van der Waals surface area contributed by atoms with Crippen molar-refractivity contribution in [2.45, 2.75) is 0 Å². The van der Waals surface area contributed by atoms with Gasteiger partial charge in [-0.25, -0.2) is 0 Å². The molecule has 2 aromatic carbocycles. The first-order valence-electron chi connectivity index (χ1n) is 5.42. The van der Waals surface area contributed by atoms with Gasteiger partial charge in [-0.3, -0.25) is 10.1 Å². The van der Waals surface area contributed by atoms with Gasteiger partial charge in [-0.15, -0.1) is 4.85 Å². The Morgan fingerprint density at radius 1 is 1.11 bits per heavy atom. The second-order valence-electron chi connectivity index (χ2n) is 4.02. The monoisotopic (exact) mass is 257 g/mol. The minimum Gasteiger partial charge on any atom is -0.755 e. The number of aromatic nitrogens is 2. The molecule has 0 aliphatic rings. The summed E-state index contributed by atoms with van der Waals surface area (Å²) in [6.45, 7) is 0. The second kappa shape index (κ2) is 3.77. The standard InChI is InChI=1S/C12H7N3O4/c16-13-11-4-2-1-3-9(11)10-7-8(15(18)19)5-6-12(10)14(13)17/h1-7H. The number of non-ortho nitro benzene ring substituents is 1. The van der Waals surface area contributed by atoms with Gasteiger partial charge in [0.1, 0.15) is 5.52 Å². The van der Waals surface area contributed by atoms with Crippen molar-refractivity contribution < 1.29 is 9.47 Å². The molecule has 0 saturated carbocycles. The second-order valence-corrected chi connectivity index (χ2v) is 4.02. The number of nitro groups is 1. The molecule has 0 aliphatic heterocycles. The van der Waals surface area contributed by atoms with Crippen molar-refractivity contribution in [3.63, 3.8) is 0 Å². The van der Waals surface area contributed by atoms with Crippen LogP contribution in [0.3, 0.4) is 0 Å². The lowest BCUT2D eigenvalue weighted by Gasteiger charge is -2.06. The minimum absolute atomic E-state index is 0.0966. The van der Waals surface area contributed by atoms with Gasteiger partial charge in [0.2, 0.25) is 0 Å². The van der Waals surface area contributed by atoms with Gasteiger partial charge in [0.15, 0.2) is 4.54 Å². The molecular weight excluding hydrogens is 250 g/mol. The van der Waals surface area contributed by atoms with Crippen LogP contribution in [-0.4, -0.2) is 9.77 Å². The lowest BCUT2D eigenvalue weighted by Crippen LogP contribution is -2.28. The predicted molar refractivity (Wildman–Crippen MR) is 68.2 cm³/mol. The average Bonchev–Trinajstić information content (AvgIpc) is 2.44. The fraction of sp³-hybridized carbons (Fsp3) is 0. The van der Waals surface area contributed by atoms with Crippen LogP contribution in [0.4, 0.5) is 5.69 Å². The molecule has 1 heterocycles. The molecule has 0 radical (unpaired) electrons. The third kappa shape index (κ3) is 1.52. The molecule has 7 nitrogen and oxygen atoms in total. The van der Waals surface area contributed by atoms with Crippen molar-refractivity contribution in [1.82, 2.24) is 4.85 Å². The molecule has 94 valence electrons. The normalized spacial score (nSPS) is 10.9. The van der Waals surface area contributed by atoms with E-state index < -0.39 is 4.92 Å². The molecule has 0 N–H and O–H groups in total. The SMILES string of the molecule is O=[N+]([O-])c1ccc2c(c1)c1ccccc1n([O-])[n+]2=O. The Balaban J connectivity index is 2.60. The fourth-order valence-electron chi connectivity index (χ4n) is 2.08. The third-order valence-electron chi connectivity index (χ3n) is 2.96. The Hall–Kier alpha value is -2.96. The quantitative estimate of drug-likeness (QED) is 0.288. The van der Waals surface area contributed by atoms with E-state index in [0.717, 1.165) is 0 Å². The molecule has 1 aromatic heterocycles. The third-order valence-corrected chi connectivity index (χ3v) is 2.96. The molecule has 0 aliphatic carbocycles. The Bertz CT molecular complexity index is 885. The maximum absolute atomic E-state index is 11.8. The molecule has 0 saturated heterocycles. The lowest BCUT2D eigenvalue weighted by molar-refractivity contribution is -0.556. The summed E-state index contributed by atoms with van der Waals surface area (Å²) in [6, 6.07) is 10.2. The van der Waals surface area contributed by atoms with Crippen LogP contribution in [0, 0.1) is 20.2 Å². The maximum Gasteiger partial charge on any atom is 0.300 e. The van der Waals surface area contributed by atoms with E-state index in [1.165, 1.54) is 24.3 Å². The fourth-order valence-corrected chi connectivity index (χ4v) is 2.08. The highest BCUT2D eigenvalue weighted by molar-refractivity contribution is 6.03. The Morgan fingerprint density at radius 2 is 1.84 bits per heavy atom. The van der Waals surface area contributed by atoms with Gasteiger partial charge in [0.05, 0.1) is 15.2 Å². The van der Waals surface area contributed by atoms with Crippen LogP contribution in [0.25, 0.3) is 21.8 Å². The predicted octanol–water partition coefficient (Wildman–Crippen LogP) is 1.96. The number of para-hydroxylation sites is 1. The van der Waals surface area contributed by atoms with E-state index in [4.69, 9.17) is 0 Å². The smallest absolute Gasteiger partial charge is 0.300 e. The molecule has 0 amide bonds. The number of fused-ring (bicyclic) bond motifs is 3. The molecule has 0 unspecified atom stereocenters. The van der Waals surface area contributed by atoms with E-state index in [1.807, 2.05) is 0 Å². The van der Waals surface area contributed by atoms with Gasteiger partial charge in [0, 0.05) is 23.6 Å². The highest BCUT2D eigenvalue weighted by Gasteiger charge is 2.17. The van der Waals surface area contributed by atoms with E-state index in [0.29, 0.717) is 10.8 Å². The van der Waals surface area contributed by atoms with Crippen molar-refractivity contribution in [3.8, 4) is 0 Å². The van der Waals surface area contributed by atoms with Crippen LogP contribution in [0.15, 0.2) is 42.5 Å². The van der Waals surface area contributed by atoms with E-state index in [9.17, 15) is 20.2 Å². The summed E-state index contributed by atoms with van der Waals surface area (Å²) < 4.78 is 0.182. The van der Waals surface area contributed by atoms with Crippen LogP contribution >= 0.6 is 0 Å². The molecule has 0 fully saturated rings. The summed E-state index contributed by atoms with van der Waals surface area (Å²) in [6.07, 6.45) is 0. The van der Waals surface area contributed by atoms with Gasteiger partial charge in [-0.2, -0.15) is 0 Å². The number of benzene rings is 2. The number of nitrogens with zero attached hydrogens (tertiary/aromatic N) is 3.